The quantitative estimate of drug-likeness (QED) is 0.630. The van der Waals surface area contributed by atoms with Crippen LogP contribution >= 0.6 is 15.9 Å². The molecule has 1 fully saturated rings. The topological polar surface area (TPSA) is 72.7 Å². The van der Waals surface area contributed by atoms with Crippen LogP contribution in [0, 0.1) is 10.1 Å². The van der Waals surface area contributed by atoms with E-state index in [9.17, 15) is 14.9 Å². The van der Waals surface area contributed by atoms with Crippen LogP contribution in [0.3, 0.4) is 0 Å². The van der Waals surface area contributed by atoms with Crippen LogP contribution in [0.15, 0.2) is 22.7 Å². The molecule has 1 aromatic carbocycles. The van der Waals surface area contributed by atoms with Gasteiger partial charge in [-0.2, -0.15) is 0 Å². The molecule has 102 valence electrons. The summed E-state index contributed by atoms with van der Waals surface area (Å²) in [4.78, 5) is 24.2. The molecule has 6 nitrogen and oxygen atoms in total. The second kappa shape index (κ2) is 5.66. The van der Waals surface area contributed by atoms with Gasteiger partial charge in [0.25, 0.3) is 11.6 Å². The maximum atomic E-state index is 12.2. The molecule has 0 saturated carbocycles. The highest BCUT2D eigenvalue weighted by Crippen LogP contribution is 2.26. The van der Waals surface area contributed by atoms with Gasteiger partial charge in [0.2, 0.25) is 0 Å². The van der Waals surface area contributed by atoms with Crippen LogP contribution in [0.25, 0.3) is 0 Å². The number of methoxy groups -OCH3 is 1. The molecule has 1 unspecified atom stereocenters. The Bertz CT molecular complexity index is 520. The molecule has 19 heavy (non-hydrogen) atoms. The standard InChI is InChI=1S/C12H13BrN2O4/c1-19-9-4-5-14(7-9)12(16)8-2-3-10(13)11(6-8)15(17)18/h2-3,6,9H,4-5,7H2,1H3. The first-order valence-electron chi connectivity index (χ1n) is 5.79. The van der Waals surface area contributed by atoms with E-state index in [2.05, 4.69) is 15.9 Å². The van der Waals surface area contributed by atoms with Gasteiger partial charge in [0.15, 0.2) is 0 Å². The van der Waals surface area contributed by atoms with Gasteiger partial charge < -0.3 is 9.64 Å². The monoisotopic (exact) mass is 328 g/mol. The van der Waals surface area contributed by atoms with Crippen molar-refractivity contribution in [1.29, 1.82) is 0 Å². The van der Waals surface area contributed by atoms with Crippen LogP contribution in [-0.2, 0) is 4.74 Å². The third kappa shape index (κ3) is 2.93. The van der Waals surface area contributed by atoms with E-state index >= 15 is 0 Å². The first-order chi connectivity index (χ1) is 9.02. The number of likely N-dealkylation sites (tertiary alicyclic amines) is 1. The fourth-order valence-electron chi connectivity index (χ4n) is 2.07. The lowest BCUT2D eigenvalue weighted by Crippen LogP contribution is -2.29. The molecule has 0 bridgehead atoms. The van der Waals surface area contributed by atoms with Crippen molar-refractivity contribution in [2.24, 2.45) is 0 Å². The largest absolute Gasteiger partial charge is 0.380 e. The number of rotatable bonds is 3. The number of carbonyl (C=O) groups is 1. The van der Waals surface area contributed by atoms with Crippen LogP contribution in [0.1, 0.15) is 16.8 Å². The number of nitrogens with zero attached hydrogens (tertiary/aromatic N) is 2. The van der Waals surface area contributed by atoms with Gasteiger partial charge in [-0.1, -0.05) is 0 Å². The lowest BCUT2D eigenvalue weighted by Gasteiger charge is -2.16. The van der Waals surface area contributed by atoms with E-state index in [-0.39, 0.29) is 17.7 Å². The molecule has 1 saturated heterocycles. The number of ether oxygens (including phenoxy) is 1. The summed E-state index contributed by atoms with van der Waals surface area (Å²) < 4.78 is 5.56. The first kappa shape index (κ1) is 14.0. The highest BCUT2D eigenvalue weighted by molar-refractivity contribution is 9.10. The van der Waals surface area contributed by atoms with Crippen molar-refractivity contribution in [2.75, 3.05) is 20.2 Å². The van der Waals surface area contributed by atoms with E-state index in [0.29, 0.717) is 23.1 Å². The van der Waals surface area contributed by atoms with Crippen LogP contribution < -0.4 is 0 Å². The minimum absolute atomic E-state index is 0.0504. The van der Waals surface area contributed by atoms with Crippen molar-refractivity contribution in [1.82, 2.24) is 4.90 Å². The molecule has 1 atom stereocenters. The molecule has 0 radical (unpaired) electrons. The lowest BCUT2D eigenvalue weighted by atomic mass is 10.2. The van der Waals surface area contributed by atoms with Crippen molar-refractivity contribution < 1.29 is 14.5 Å². The van der Waals surface area contributed by atoms with Crippen molar-refractivity contribution in [2.45, 2.75) is 12.5 Å². The molecule has 1 amide bonds. The zero-order valence-electron chi connectivity index (χ0n) is 10.3. The normalized spacial score (nSPS) is 18.6. The number of hydrogen-bond acceptors (Lipinski definition) is 4. The van der Waals surface area contributed by atoms with E-state index in [1.807, 2.05) is 0 Å². The number of carbonyl (C=O) groups excluding carboxylic acids is 1. The minimum atomic E-state index is -0.511. The Balaban J connectivity index is 2.20. The van der Waals surface area contributed by atoms with Crippen LogP contribution in [0.4, 0.5) is 5.69 Å². The molecule has 0 aliphatic carbocycles. The van der Waals surface area contributed by atoms with Gasteiger partial charge in [0, 0.05) is 31.8 Å². The fourth-order valence-corrected chi connectivity index (χ4v) is 2.46. The summed E-state index contributed by atoms with van der Waals surface area (Å²) in [5, 5.41) is 10.8. The average molecular weight is 329 g/mol. The van der Waals surface area contributed by atoms with E-state index in [4.69, 9.17) is 4.74 Å². The summed E-state index contributed by atoms with van der Waals surface area (Å²) in [6.45, 7) is 1.14. The molecule has 1 aliphatic rings. The van der Waals surface area contributed by atoms with Crippen LogP contribution in [-0.4, -0.2) is 42.0 Å². The van der Waals surface area contributed by atoms with E-state index < -0.39 is 4.92 Å². The van der Waals surface area contributed by atoms with Gasteiger partial charge in [0.1, 0.15) is 0 Å². The van der Waals surface area contributed by atoms with Gasteiger partial charge >= 0.3 is 0 Å². The summed E-state index contributed by atoms with van der Waals surface area (Å²) >= 11 is 3.10. The lowest BCUT2D eigenvalue weighted by molar-refractivity contribution is -0.385. The van der Waals surface area contributed by atoms with E-state index in [1.54, 1.807) is 18.1 Å². The molecule has 1 aromatic rings. The molecule has 2 rings (SSSR count). The number of halogens is 1. The molecule has 7 heteroatoms. The number of hydrogen-bond donors (Lipinski definition) is 0. The molecule has 1 heterocycles. The first-order valence-corrected chi connectivity index (χ1v) is 6.58. The minimum Gasteiger partial charge on any atom is -0.380 e. The summed E-state index contributed by atoms with van der Waals surface area (Å²) in [7, 11) is 1.61. The van der Waals surface area contributed by atoms with Gasteiger partial charge in [0.05, 0.1) is 15.5 Å². The summed E-state index contributed by atoms with van der Waals surface area (Å²) in [6.07, 6.45) is 0.843. The molecular formula is C12H13BrN2O4. The van der Waals surface area contributed by atoms with Crippen molar-refractivity contribution in [3.05, 3.63) is 38.3 Å². The summed E-state index contributed by atoms with van der Waals surface area (Å²) in [5.74, 6) is -0.199. The fraction of sp³-hybridized carbons (Fsp3) is 0.417. The Morgan fingerprint density at radius 1 is 1.58 bits per heavy atom. The highest BCUT2D eigenvalue weighted by atomic mass is 79.9. The Labute approximate surface area is 118 Å². The van der Waals surface area contributed by atoms with Crippen molar-refractivity contribution in [3.63, 3.8) is 0 Å². The molecule has 1 aliphatic heterocycles. The predicted octanol–water partition coefficient (Wildman–Crippen LogP) is 2.22. The second-order valence-corrected chi connectivity index (χ2v) is 5.18. The number of benzene rings is 1. The third-order valence-corrected chi connectivity index (χ3v) is 3.83. The average Bonchev–Trinajstić information content (AvgIpc) is 2.87. The molecule has 0 aromatic heterocycles. The van der Waals surface area contributed by atoms with Crippen molar-refractivity contribution >= 4 is 27.5 Å². The number of amides is 1. The maximum absolute atomic E-state index is 12.2. The smallest absolute Gasteiger partial charge is 0.284 e. The predicted molar refractivity (Wildman–Crippen MR) is 72.1 cm³/mol. The van der Waals surface area contributed by atoms with Crippen LogP contribution in [0.2, 0.25) is 0 Å². The van der Waals surface area contributed by atoms with Crippen LogP contribution in [0.5, 0.6) is 0 Å². The molecular weight excluding hydrogens is 316 g/mol. The SMILES string of the molecule is COC1CCN(C(=O)c2ccc(Br)c([N+](=O)[O-])c2)C1. The van der Waals surface area contributed by atoms with Gasteiger partial charge in [-0.05, 0) is 34.5 Å². The van der Waals surface area contributed by atoms with Gasteiger partial charge in [-0.15, -0.1) is 0 Å². The molecule has 0 N–H and O–H groups in total. The zero-order valence-corrected chi connectivity index (χ0v) is 11.9. The Morgan fingerprint density at radius 3 is 2.89 bits per heavy atom. The summed E-state index contributed by atoms with van der Waals surface area (Å²) in [5.41, 5.74) is 0.222. The van der Waals surface area contributed by atoms with Gasteiger partial charge in [-0.3, -0.25) is 14.9 Å². The Morgan fingerprint density at radius 2 is 2.32 bits per heavy atom. The third-order valence-electron chi connectivity index (χ3n) is 3.16. The highest BCUT2D eigenvalue weighted by Gasteiger charge is 2.27. The Hall–Kier alpha value is -1.47. The van der Waals surface area contributed by atoms with E-state index in [1.165, 1.54) is 12.1 Å². The van der Waals surface area contributed by atoms with Crippen molar-refractivity contribution in [3.8, 4) is 0 Å². The zero-order chi connectivity index (χ0) is 14.0. The number of nitro groups is 1. The molecule has 0 spiro atoms. The number of nitro benzene ring substituents is 1. The maximum Gasteiger partial charge on any atom is 0.284 e. The van der Waals surface area contributed by atoms with Gasteiger partial charge in [-0.25, -0.2) is 0 Å². The van der Waals surface area contributed by atoms with E-state index in [0.717, 1.165) is 6.42 Å². The Kier molecular flexibility index (Phi) is 4.16. The summed E-state index contributed by atoms with van der Waals surface area (Å²) in [6, 6.07) is 4.40. The second-order valence-electron chi connectivity index (χ2n) is 4.32.